The fourth-order valence-corrected chi connectivity index (χ4v) is 3.20. The minimum atomic E-state index is -0.216. The number of hydrogen-bond donors (Lipinski definition) is 0. The van der Waals surface area contributed by atoms with Gasteiger partial charge in [-0.2, -0.15) is 0 Å². The first kappa shape index (κ1) is 14.3. The third-order valence-corrected chi connectivity index (χ3v) is 4.13. The smallest absolute Gasteiger partial charge is 0.245 e. The van der Waals surface area contributed by atoms with Crippen LogP contribution in [0.1, 0.15) is 39.0 Å². The maximum Gasteiger partial charge on any atom is 0.245 e. The normalized spacial score (nSPS) is 25.5. The van der Waals surface area contributed by atoms with Gasteiger partial charge in [0.2, 0.25) is 11.8 Å². The number of hydrogen-bond acceptors (Lipinski definition) is 3. The van der Waals surface area contributed by atoms with Gasteiger partial charge in [-0.05, 0) is 19.3 Å². The van der Waals surface area contributed by atoms with Crippen LogP contribution in [-0.4, -0.2) is 60.5 Å². The largest absolute Gasteiger partial charge is 0.383 e. The van der Waals surface area contributed by atoms with E-state index in [-0.39, 0.29) is 23.9 Å². The number of carbonyl (C=O) groups excluding carboxylic acids is 2. The Labute approximate surface area is 114 Å². The number of nitrogens with zero attached hydrogens (tertiary/aromatic N) is 2. The highest BCUT2D eigenvalue weighted by Crippen LogP contribution is 2.25. The summed E-state index contributed by atoms with van der Waals surface area (Å²) in [5.41, 5.74) is 0. The van der Waals surface area contributed by atoms with Crippen molar-refractivity contribution in [2.75, 3.05) is 26.8 Å². The van der Waals surface area contributed by atoms with Crippen molar-refractivity contribution >= 4 is 11.8 Å². The van der Waals surface area contributed by atoms with Crippen molar-refractivity contribution in [3.05, 3.63) is 0 Å². The van der Waals surface area contributed by atoms with Crippen molar-refractivity contribution in [3.8, 4) is 0 Å². The Balaban J connectivity index is 2.15. The Bertz CT molecular complexity index is 340. The Kier molecular flexibility index (Phi) is 4.80. The summed E-state index contributed by atoms with van der Waals surface area (Å²) >= 11 is 0. The zero-order chi connectivity index (χ0) is 13.8. The van der Waals surface area contributed by atoms with Crippen molar-refractivity contribution in [2.24, 2.45) is 0 Å². The summed E-state index contributed by atoms with van der Waals surface area (Å²) in [5, 5.41) is 0. The molecule has 2 unspecified atom stereocenters. The van der Waals surface area contributed by atoms with Gasteiger partial charge in [0.05, 0.1) is 12.6 Å². The Morgan fingerprint density at radius 2 is 2.16 bits per heavy atom. The van der Waals surface area contributed by atoms with Gasteiger partial charge in [-0.15, -0.1) is 0 Å². The van der Waals surface area contributed by atoms with Gasteiger partial charge in [-0.1, -0.05) is 13.3 Å². The molecular formula is C14H24N2O3. The zero-order valence-corrected chi connectivity index (χ0v) is 11.9. The predicted molar refractivity (Wildman–Crippen MR) is 71.6 cm³/mol. The molecule has 2 rings (SSSR count). The second kappa shape index (κ2) is 6.37. The average Bonchev–Trinajstić information content (AvgIpc) is 2.84. The molecule has 5 heteroatoms. The molecule has 2 aliphatic heterocycles. The topological polar surface area (TPSA) is 49.9 Å². The highest BCUT2D eigenvalue weighted by Gasteiger charge is 2.40. The summed E-state index contributed by atoms with van der Waals surface area (Å²) in [7, 11) is 1.66. The van der Waals surface area contributed by atoms with Crippen molar-refractivity contribution < 1.29 is 14.3 Å². The van der Waals surface area contributed by atoms with E-state index in [2.05, 4.69) is 6.92 Å². The molecule has 0 saturated carbocycles. The van der Waals surface area contributed by atoms with Crippen LogP contribution < -0.4 is 0 Å². The van der Waals surface area contributed by atoms with Gasteiger partial charge >= 0.3 is 0 Å². The lowest BCUT2D eigenvalue weighted by Gasteiger charge is -2.32. The minimum absolute atomic E-state index is 0.107. The van der Waals surface area contributed by atoms with E-state index in [9.17, 15) is 9.59 Å². The molecule has 0 aromatic rings. The molecule has 2 heterocycles. The first-order valence-electron chi connectivity index (χ1n) is 7.28. The number of rotatable bonds is 5. The standard InChI is InChI=1S/C14H24N2O3/c1-3-5-11(10-19-2)15-9-7-13(17)16-8-4-6-12(16)14(15)18/h11-12H,3-10H2,1-2H3. The molecule has 2 fully saturated rings. The molecule has 2 aliphatic rings. The zero-order valence-electron chi connectivity index (χ0n) is 11.9. The van der Waals surface area contributed by atoms with E-state index >= 15 is 0 Å². The SMILES string of the molecule is CCCC(COC)N1CCC(=O)N2CCCC2C1=O. The van der Waals surface area contributed by atoms with Crippen LogP contribution in [0.25, 0.3) is 0 Å². The number of amides is 2. The molecule has 0 aromatic heterocycles. The number of fused-ring (bicyclic) bond motifs is 1. The molecule has 2 amide bonds. The number of ether oxygens (including phenoxy) is 1. The fraction of sp³-hybridized carbons (Fsp3) is 0.857. The van der Waals surface area contributed by atoms with Crippen molar-refractivity contribution in [1.29, 1.82) is 0 Å². The van der Waals surface area contributed by atoms with E-state index in [0.717, 1.165) is 32.2 Å². The third kappa shape index (κ3) is 2.91. The molecule has 2 saturated heterocycles. The molecule has 0 aromatic carbocycles. The van der Waals surface area contributed by atoms with E-state index in [1.807, 2.05) is 4.90 Å². The van der Waals surface area contributed by atoms with Gasteiger partial charge in [-0.3, -0.25) is 9.59 Å². The number of carbonyl (C=O) groups is 2. The number of methoxy groups -OCH3 is 1. The summed E-state index contributed by atoms with van der Waals surface area (Å²) in [6, 6.07) is -0.109. The van der Waals surface area contributed by atoms with E-state index in [0.29, 0.717) is 19.6 Å². The van der Waals surface area contributed by atoms with Crippen LogP contribution in [0.15, 0.2) is 0 Å². The van der Waals surface area contributed by atoms with Crippen LogP contribution in [0, 0.1) is 0 Å². The summed E-state index contributed by atoms with van der Waals surface area (Å²) in [4.78, 5) is 28.3. The van der Waals surface area contributed by atoms with Crippen molar-refractivity contribution in [2.45, 2.75) is 51.1 Å². The highest BCUT2D eigenvalue weighted by molar-refractivity contribution is 5.90. The Morgan fingerprint density at radius 1 is 1.37 bits per heavy atom. The van der Waals surface area contributed by atoms with Gasteiger partial charge < -0.3 is 14.5 Å². The summed E-state index contributed by atoms with van der Waals surface area (Å²) < 4.78 is 5.24. The molecule has 108 valence electrons. The highest BCUT2D eigenvalue weighted by atomic mass is 16.5. The van der Waals surface area contributed by atoms with Gasteiger partial charge in [-0.25, -0.2) is 0 Å². The average molecular weight is 268 g/mol. The molecule has 5 nitrogen and oxygen atoms in total. The third-order valence-electron chi connectivity index (χ3n) is 4.13. The summed E-state index contributed by atoms with van der Waals surface area (Å²) in [6.45, 7) is 3.95. The monoisotopic (exact) mass is 268 g/mol. The van der Waals surface area contributed by atoms with Crippen LogP contribution in [0.4, 0.5) is 0 Å². The molecule has 0 N–H and O–H groups in total. The van der Waals surface area contributed by atoms with Gasteiger partial charge in [0, 0.05) is 26.6 Å². The first-order valence-corrected chi connectivity index (χ1v) is 7.28. The van der Waals surface area contributed by atoms with E-state index in [1.54, 1.807) is 12.0 Å². The maximum absolute atomic E-state index is 12.6. The molecule has 2 atom stereocenters. The molecule has 0 aliphatic carbocycles. The van der Waals surface area contributed by atoms with Gasteiger partial charge in [0.25, 0.3) is 0 Å². The molecule has 0 bridgehead atoms. The summed E-state index contributed by atoms with van der Waals surface area (Å²) in [6.07, 6.45) is 4.15. The van der Waals surface area contributed by atoms with Crippen LogP contribution in [0.2, 0.25) is 0 Å². The van der Waals surface area contributed by atoms with Gasteiger partial charge in [0.15, 0.2) is 0 Å². The Hall–Kier alpha value is -1.10. The van der Waals surface area contributed by atoms with Crippen molar-refractivity contribution in [3.63, 3.8) is 0 Å². The summed E-state index contributed by atoms with van der Waals surface area (Å²) in [5.74, 6) is 0.255. The Morgan fingerprint density at radius 3 is 2.84 bits per heavy atom. The lowest BCUT2D eigenvalue weighted by atomic mass is 10.1. The molecular weight excluding hydrogens is 244 g/mol. The second-order valence-electron chi connectivity index (χ2n) is 5.42. The molecule has 0 spiro atoms. The maximum atomic E-state index is 12.6. The second-order valence-corrected chi connectivity index (χ2v) is 5.42. The molecule has 19 heavy (non-hydrogen) atoms. The van der Waals surface area contributed by atoms with E-state index < -0.39 is 0 Å². The van der Waals surface area contributed by atoms with E-state index in [4.69, 9.17) is 4.74 Å². The van der Waals surface area contributed by atoms with Crippen LogP contribution in [0.5, 0.6) is 0 Å². The molecule has 0 radical (unpaired) electrons. The van der Waals surface area contributed by atoms with Gasteiger partial charge in [0.1, 0.15) is 6.04 Å². The fourth-order valence-electron chi connectivity index (χ4n) is 3.20. The predicted octanol–water partition coefficient (Wildman–Crippen LogP) is 1.02. The van der Waals surface area contributed by atoms with E-state index in [1.165, 1.54) is 0 Å². The minimum Gasteiger partial charge on any atom is -0.383 e. The van der Waals surface area contributed by atoms with Crippen LogP contribution in [-0.2, 0) is 14.3 Å². The van der Waals surface area contributed by atoms with Crippen molar-refractivity contribution in [1.82, 2.24) is 9.80 Å². The lowest BCUT2D eigenvalue weighted by Crippen LogP contribution is -2.49. The quantitative estimate of drug-likeness (QED) is 0.748. The van der Waals surface area contributed by atoms with Crippen LogP contribution >= 0.6 is 0 Å². The van der Waals surface area contributed by atoms with Crippen LogP contribution in [0.3, 0.4) is 0 Å². The lowest BCUT2D eigenvalue weighted by molar-refractivity contribution is -0.141. The first-order chi connectivity index (χ1) is 9.19.